The first-order valence-electron chi connectivity index (χ1n) is 9.76. The van der Waals surface area contributed by atoms with Gasteiger partial charge in [-0.3, -0.25) is 4.98 Å². The van der Waals surface area contributed by atoms with E-state index < -0.39 is 5.82 Å². The molecule has 0 unspecified atom stereocenters. The number of benzene rings is 1. The average Bonchev–Trinajstić information content (AvgIpc) is 2.77. The van der Waals surface area contributed by atoms with E-state index in [1.165, 1.54) is 23.9 Å². The van der Waals surface area contributed by atoms with E-state index >= 15 is 0 Å². The van der Waals surface area contributed by atoms with Crippen molar-refractivity contribution in [2.45, 2.75) is 10.8 Å². The summed E-state index contributed by atoms with van der Waals surface area (Å²) >= 11 is 1.30. The van der Waals surface area contributed by atoms with Gasteiger partial charge in [-0.2, -0.15) is 10.5 Å². The van der Waals surface area contributed by atoms with Gasteiger partial charge < -0.3 is 15.2 Å². The van der Waals surface area contributed by atoms with Crippen LogP contribution in [0.1, 0.15) is 16.7 Å². The first-order chi connectivity index (χ1) is 15.6. The molecule has 1 aliphatic heterocycles. The highest BCUT2D eigenvalue weighted by Gasteiger charge is 2.23. The third-order valence-electron chi connectivity index (χ3n) is 4.92. The van der Waals surface area contributed by atoms with E-state index in [0.29, 0.717) is 36.2 Å². The van der Waals surface area contributed by atoms with Crippen molar-refractivity contribution in [1.29, 1.82) is 10.5 Å². The molecule has 1 saturated heterocycles. The second-order valence-electron chi connectivity index (χ2n) is 7.16. The third-order valence-corrected chi connectivity index (χ3v) is 5.96. The van der Waals surface area contributed by atoms with Crippen molar-refractivity contribution in [1.82, 2.24) is 9.97 Å². The highest BCUT2D eigenvalue weighted by atomic mass is 32.2. The van der Waals surface area contributed by atoms with E-state index in [1.807, 2.05) is 18.2 Å². The van der Waals surface area contributed by atoms with E-state index in [1.54, 1.807) is 18.5 Å². The van der Waals surface area contributed by atoms with Gasteiger partial charge in [-0.15, -0.1) is 11.8 Å². The molecule has 1 aliphatic rings. The van der Waals surface area contributed by atoms with Crippen LogP contribution in [-0.2, 0) is 10.5 Å². The van der Waals surface area contributed by atoms with Crippen molar-refractivity contribution >= 4 is 17.6 Å². The molecular weight excluding hydrogens is 429 g/mol. The van der Waals surface area contributed by atoms with Crippen LogP contribution in [0.4, 0.5) is 10.2 Å². The molecule has 7 nitrogen and oxygen atoms in total. The van der Waals surface area contributed by atoms with Crippen molar-refractivity contribution in [2.75, 3.05) is 25.6 Å². The zero-order valence-corrected chi connectivity index (χ0v) is 17.7. The zero-order chi connectivity index (χ0) is 22.5. The fraction of sp³-hybridized carbons (Fsp3) is 0.217. The van der Waals surface area contributed by atoms with Crippen LogP contribution in [0.2, 0.25) is 0 Å². The van der Waals surface area contributed by atoms with Gasteiger partial charge in [0.05, 0.1) is 25.4 Å². The summed E-state index contributed by atoms with van der Waals surface area (Å²) in [5, 5.41) is 19.9. The molecule has 0 aliphatic carbocycles. The zero-order valence-electron chi connectivity index (χ0n) is 16.9. The lowest BCUT2D eigenvalue weighted by Gasteiger charge is -2.25. The van der Waals surface area contributed by atoms with Crippen molar-refractivity contribution in [3.8, 4) is 29.0 Å². The van der Waals surface area contributed by atoms with Gasteiger partial charge in [-0.1, -0.05) is 12.1 Å². The normalized spacial score (nSPS) is 13.1. The summed E-state index contributed by atoms with van der Waals surface area (Å²) < 4.78 is 25.4. The van der Waals surface area contributed by atoms with Crippen LogP contribution in [-0.4, -0.2) is 29.8 Å². The lowest BCUT2D eigenvalue weighted by molar-refractivity contribution is -0.0512. The third kappa shape index (κ3) is 4.50. The minimum atomic E-state index is -0.588. The van der Waals surface area contributed by atoms with Crippen LogP contribution in [0.5, 0.6) is 5.75 Å². The molecule has 0 saturated carbocycles. The highest BCUT2D eigenvalue weighted by Crippen LogP contribution is 2.37. The molecular formula is C23H18FN5O2S. The Hall–Kier alpha value is -3.66. The molecule has 0 radical (unpaired) electrons. The number of nitrogen functional groups attached to an aromatic ring is 1. The average molecular weight is 447 g/mol. The maximum atomic E-state index is 14.8. The van der Waals surface area contributed by atoms with Gasteiger partial charge in [0.15, 0.2) is 11.6 Å². The molecule has 2 N–H and O–H groups in total. The Morgan fingerprint density at radius 1 is 1.22 bits per heavy atom. The molecule has 0 bridgehead atoms. The number of thioether (sulfide) groups is 1. The van der Waals surface area contributed by atoms with Crippen LogP contribution < -0.4 is 10.5 Å². The number of anilines is 1. The summed E-state index contributed by atoms with van der Waals surface area (Å²) in [7, 11) is 0. The molecule has 3 aromatic rings. The van der Waals surface area contributed by atoms with Crippen LogP contribution >= 0.6 is 11.8 Å². The van der Waals surface area contributed by atoms with E-state index in [0.717, 1.165) is 5.56 Å². The first kappa shape index (κ1) is 21.6. The number of ether oxygens (including phenoxy) is 2. The maximum absolute atomic E-state index is 14.8. The summed E-state index contributed by atoms with van der Waals surface area (Å²) in [6.07, 6.45) is 3.39. The van der Waals surface area contributed by atoms with Gasteiger partial charge in [0.2, 0.25) is 0 Å². The van der Waals surface area contributed by atoms with Gasteiger partial charge in [-0.25, -0.2) is 9.37 Å². The smallest absolute Gasteiger partial charge is 0.165 e. The predicted octanol–water partition coefficient (Wildman–Crippen LogP) is 3.93. The first-order valence-corrected chi connectivity index (χ1v) is 10.7. The number of nitrogens with zero attached hydrogens (tertiary/aromatic N) is 4. The fourth-order valence-corrected chi connectivity index (χ4v) is 4.12. The molecule has 3 heterocycles. The predicted molar refractivity (Wildman–Crippen MR) is 117 cm³/mol. The molecule has 0 amide bonds. The largest absolute Gasteiger partial charge is 0.490 e. The minimum absolute atomic E-state index is 0.0131. The van der Waals surface area contributed by atoms with Crippen molar-refractivity contribution in [2.24, 2.45) is 5.92 Å². The molecule has 2 aromatic heterocycles. The summed E-state index contributed by atoms with van der Waals surface area (Å²) in [5.41, 5.74) is 7.79. The number of nitriles is 2. The van der Waals surface area contributed by atoms with E-state index in [-0.39, 0.29) is 34.2 Å². The lowest BCUT2D eigenvalue weighted by atomic mass is 9.96. The Bertz CT molecular complexity index is 1220. The quantitative estimate of drug-likeness (QED) is 0.542. The Morgan fingerprint density at radius 3 is 2.66 bits per heavy atom. The summed E-state index contributed by atoms with van der Waals surface area (Å²) in [4.78, 5) is 8.34. The number of aromatic nitrogens is 2. The Kier molecular flexibility index (Phi) is 6.50. The molecule has 32 heavy (non-hydrogen) atoms. The molecule has 0 atom stereocenters. The molecule has 9 heteroatoms. The molecule has 160 valence electrons. The number of pyridine rings is 2. The monoisotopic (exact) mass is 447 g/mol. The van der Waals surface area contributed by atoms with Gasteiger partial charge in [0, 0.05) is 29.6 Å². The SMILES string of the molecule is N#Cc1c(N)nc(SCc2cccnc2)c(C#N)c1-c1ccc(OCC2COC2)c(F)c1. The fourth-order valence-electron chi connectivity index (χ4n) is 3.19. The Balaban J connectivity index is 1.68. The highest BCUT2D eigenvalue weighted by molar-refractivity contribution is 7.98. The summed E-state index contributed by atoms with van der Waals surface area (Å²) in [6.45, 7) is 1.57. The number of halogens is 1. The van der Waals surface area contributed by atoms with Gasteiger partial charge in [-0.05, 0) is 29.3 Å². The topological polar surface area (TPSA) is 118 Å². The van der Waals surface area contributed by atoms with Gasteiger partial charge in [0.1, 0.15) is 28.5 Å². The number of rotatable bonds is 7. The number of hydrogen-bond acceptors (Lipinski definition) is 8. The maximum Gasteiger partial charge on any atom is 0.165 e. The van der Waals surface area contributed by atoms with Crippen LogP contribution in [0, 0.1) is 34.4 Å². The van der Waals surface area contributed by atoms with E-state index in [4.69, 9.17) is 15.2 Å². The van der Waals surface area contributed by atoms with Gasteiger partial charge in [0.25, 0.3) is 0 Å². The van der Waals surface area contributed by atoms with Crippen molar-refractivity contribution < 1.29 is 13.9 Å². The van der Waals surface area contributed by atoms with Crippen molar-refractivity contribution in [3.05, 3.63) is 65.2 Å². The molecule has 0 spiro atoms. The van der Waals surface area contributed by atoms with E-state index in [2.05, 4.69) is 16.0 Å². The van der Waals surface area contributed by atoms with Crippen LogP contribution in [0.15, 0.2) is 47.8 Å². The minimum Gasteiger partial charge on any atom is -0.490 e. The lowest BCUT2D eigenvalue weighted by Crippen LogP contribution is -2.32. The van der Waals surface area contributed by atoms with Crippen LogP contribution in [0.25, 0.3) is 11.1 Å². The summed E-state index contributed by atoms with van der Waals surface area (Å²) in [6, 6.07) is 12.2. The second-order valence-corrected chi connectivity index (χ2v) is 8.12. The van der Waals surface area contributed by atoms with E-state index in [9.17, 15) is 14.9 Å². The number of hydrogen-bond donors (Lipinski definition) is 1. The molecule has 1 fully saturated rings. The van der Waals surface area contributed by atoms with Gasteiger partial charge >= 0.3 is 0 Å². The molecule has 4 rings (SSSR count). The Labute approximate surface area is 188 Å². The van der Waals surface area contributed by atoms with Crippen LogP contribution in [0.3, 0.4) is 0 Å². The Morgan fingerprint density at radius 2 is 2.03 bits per heavy atom. The van der Waals surface area contributed by atoms with Crippen molar-refractivity contribution in [3.63, 3.8) is 0 Å². The summed E-state index contributed by atoms with van der Waals surface area (Å²) in [5.74, 6) is 0.262. The standard InChI is InChI=1S/C23H18FN5O2S/c24-19-6-16(3-4-20(19)31-12-15-10-30-11-15)21-17(7-25)22(27)29-23(18(21)8-26)32-13-14-2-1-5-28-9-14/h1-6,9,15H,10-13H2,(H2,27,29). The second kappa shape index (κ2) is 9.65. The molecule has 1 aromatic carbocycles. The number of nitrogens with two attached hydrogens (primary N) is 1.